The molecule has 0 saturated carbocycles. The molecule has 3 aromatic rings. The molecule has 8 nitrogen and oxygen atoms in total. The van der Waals surface area contributed by atoms with Gasteiger partial charge in [-0.15, -0.1) is 0 Å². The fourth-order valence-corrected chi connectivity index (χ4v) is 3.06. The summed E-state index contributed by atoms with van der Waals surface area (Å²) in [6.45, 7) is 0.295. The molecular weight excluding hydrogens is 334 g/mol. The van der Waals surface area contributed by atoms with Crippen LogP contribution in [0.25, 0.3) is 10.9 Å². The molecule has 1 aliphatic rings. The van der Waals surface area contributed by atoms with E-state index in [-0.39, 0.29) is 18.2 Å². The van der Waals surface area contributed by atoms with E-state index in [4.69, 9.17) is 4.74 Å². The Morgan fingerprint density at radius 2 is 2.15 bits per heavy atom. The molecular formula is C18H17N5O3. The van der Waals surface area contributed by atoms with Crippen molar-refractivity contribution < 1.29 is 14.3 Å². The maximum atomic E-state index is 12.5. The van der Waals surface area contributed by atoms with E-state index < -0.39 is 5.92 Å². The Hall–Kier alpha value is -3.42. The number of nitrogens with zero attached hydrogens (tertiary/aromatic N) is 3. The Bertz CT molecular complexity index is 966. The molecule has 1 aliphatic heterocycles. The third-order valence-corrected chi connectivity index (χ3v) is 4.41. The van der Waals surface area contributed by atoms with Crippen LogP contribution in [-0.4, -0.2) is 40.7 Å². The van der Waals surface area contributed by atoms with Crippen LogP contribution in [-0.2, 0) is 9.59 Å². The number of fused-ring (bicyclic) bond motifs is 1. The van der Waals surface area contributed by atoms with Gasteiger partial charge in [-0.25, -0.2) is 4.98 Å². The first kappa shape index (κ1) is 16.1. The minimum atomic E-state index is -0.444. The number of hydrogen-bond acceptors (Lipinski definition) is 5. The number of benzene rings is 1. The van der Waals surface area contributed by atoms with Crippen LogP contribution in [0.5, 0.6) is 5.88 Å². The fourth-order valence-electron chi connectivity index (χ4n) is 3.06. The van der Waals surface area contributed by atoms with Crippen LogP contribution in [0, 0.1) is 5.92 Å². The summed E-state index contributed by atoms with van der Waals surface area (Å²) in [4.78, 5) is 30.6. The van der Waals surface area contributed by atoms with E-state index in [1.807, 2.05) is 24.3 Å². The van der Waals surface area contributed by atoms with Crippen molar-refractivity contribution in [2.24, 2.45) is 5.92 Å². The molecule has 1 unspecified atom stereocenters. The van der Waals surface area contributed by atoms with Gasteiger partial charge in [0, 0.05) is 24.4 Å². The molecule has 0 radical (unpaired) electrons. The summed E-state index contributed by atoms with van der Waals surface area (Å²) in [7, 11) is 1.53. The van der Waals surface area contributed by atoms with Crippen molar-refractivity contribution in [2.45, 2.75) is 6.42 Å². The second-order valence-corrected chi connectivity index (χ2v) is 6.08. The van der Waals surface area contributed by atoms with Gasteiger partial charge in [0.25, 0.3) is 0 Å². The van der Waals surface area contributed by atoms with Gasteiger partial charge in [0.15, 0.2) is 5.82 Å². The van der Waals surface area contributed by atoms with Crippen molar-refractivity contribution in [3.63, 3.8) is 0 Å². The molecule has 8 heteroatoms. The van der Waals surface area contributed by atoms with Crippen LogP contribution in [0.3, 0.4) is 0 Å². The van der Waals surface area contributed by atoms with Crippen LogP contribution < -0.4 is 15.0 Å². The van der Waals surface area contributed by atoms with Crippen molar-refractivity contribution >= 4 is 34.2 Å². The van der Waals surface area contributed by atoms with Gasteiger partial charge in [-0.05, 0) is 18.2 Å². The maximum Gasteiger partial charge on any atom is 0.229 e. The van der Waals surface area contributed by atoms with E-state index in [1.54, 1.807) is 17.0 Å². The number of amides is 2. The van der Waals surface area contributed by atoms with Gasteiger partial charge < -0.3 is 10.1 Å². The van der Waals surface area contributed by atoms with E-state index in [1.165, 1.54) is 13.3 Å². The average molecular weight is 351 g/mol. The van der Waals surface area contributed by atoms with Gasteiger partial charge in [0.1, 0.15) is 0 Å². The normalized spacial score (nSPS) is 16.9. The second kappa shape index (κ2) is 6.47. The number of aromatic amines is 1. The summed E-state index contributed by atoms with van der Waals surface area (Å²) < 4.78 is 4.99. The molecule has 2 aromatic heterocycles. The monoisotopic (exact) mass is 351 g/mol. The molecule has 26 heavy (non-hydrogen) atoms. The lowest BCUT2D eigenvalue weighted by molar-refractivity contribution is -0.122. The number of ether oxygens (including phenoxy) is 1. The molecule has 1 fully saturated rings. The number of pyridine rings is 1. The van der Waals surface area contributed by atoms with E-state index >= 15 is 0 Å². The SMILES string of the molecule is COc1ccc(NC(=O)C2CC(=O)N(c3n[nH]c4ccccc34)C2)cn1. The van der Waals surface area contributed by atoms with Crippen LogP contribution in [0.1, 0.15) is 6.42 Å². The van der Waals surface area contributed by atoms with Crippen LogP contribution >= 0.6 is 0 Å². The Morgan fingerprint density at radius 3 is 2.92 bits per heavy atom. The van der Waals surface area contributed by atoms with Gasteiger partial charge in [-0.3, -0.25) is 19.6 Å². The smallest absolute Gasteiger partial charge is 0.229 e. The largest absolute Gasteiger partial charge is 0.481 e. The van der Waals surface area contributed by atoms with Crippen LogP contribution in [0.2, 0.25) is 0 Å². The topological polar surface area (TPSA) is 100 Å². The zero-order valence-electron chi connectivity index (χ0n) is 14.1. The maximum absolute atomic E-state index is 12.5. The van der Waals surface area contributed by atoms with Crippen LogP contribution in [0.15, 0.2) is 42.6 Å². The standard InChI is InChI=1S/C18H17N5O3/c1-26-15-7-6-12(9-19-15)20-18(25)11-8-16(24)23(10-11)17-13-4-2-3-5-14(13)21-22-17/h2-7,9,11H,8,10H2,1H3,(H,20,25)(H,21,22). The molecule has 1 atom stereocenters. The first-order chi connectivity index (χ1) is 12.7. The number of para-hydroxylation sites is 1. The number of aromatic nitrogens is 3. The first-order valence-corrected chi connectivity index (χ1v) is 8.20. The quantitative estimate of drug-likeness (QED) is 0.748. The Balaban J connectivity index is 1.49. The summed E-state index contributed by atoms with van der Waals surface area (Å²) in [5, 5.41) is 10.8. The van der Waals surface area contributed by atoms with Crippen molar-refractivity contribution in [1.29, 1.82) is 0 Å². The predicted octanol–water partition coefficient (Wildman–Crippen LogP) is 1.96. The molecule has 0 aliphatic carbocycles. The summed E-state index contributed by atoms with van der Waals surface area (Å²) in [5.41, 5.74) is 1.42. The van der Waals surface area contributed by atoms with Crippen molar-refractivity contribution in [3.05, 3.63) is 42.6 Å². The van der Waals surface area contributed by atoms with Crippen molar-refractivity contribution in [2.75, 3.05) is 23.9 Å². The third kappa shape index (κ3) is 2.85. The lowest BCUT2D eigenvalue weighted by atomic mass is 10.1. The number of anilines is 2. The van der Waals surface area contributed by atoms with Gasteiger partial charge in [-0.2, -0.15) is 5.10 Å². The number of nitrogens with one attached hydrogen (secondary N) is 2. The van der Waals surface area contributed by atoms with Gasteiger partial charge in [-0.1, -0.05) is 12.1 Å². The zero-order valence-corrected chi connectivity index (χ0v) is 14.1. The minimum Gasteiger partial charge on any atom is -0.481 e. The van der Waals surface area contributed by atoms with Crippen molar-refractivity contribution in [3.8, 4) is 5.88 Å². The number of carbonyl (C=O) groups excluding carboxylic acids is 2. The second-order valence-electron chi connectivity index (χ2n) is 6.08. The lowest BCUT2D eigenvalue weighted by Crippen LogP contribution is -2.28. The Labute approximate surface area is 149 Å². The predicted molar refractivity (Wildman–Crippen MR) is 96.0 cm³/mol. The molecule has 3 heterocycles. The number of carbonyl (C=O) groups is 2. The van der Waals surface area contributed by atoms with Crippen molar-refractivity contribution in [1.82, 2.24) is 15.2 Å². The fraction of sp³-hybridized carbons (Fsp3) is 0.222. The highest BCUT2D eigenvalue weighted by Crippen LogP contribution is 2.30. The third-order valence-electron chi connectivity index (χ3n) is 4.41. The molecule has 1 aromatic carbocycles. The summed E-state index contributed by atoms with van der Waals surface area (Å²) in [5.74, 6) is 0.255. The molecule has 132 valence electrons. The zero-order chi connectivity index (χ0) is 18.1. The molecule has 0 bridgehead atoms. The van der Waals surface area contributed by atoms with Gasteiger partial charge in [0.05, 0.1) is 30.4 Å². The summed E-state index contributed by atoms with van der Waals surface area (Å²) >= 11 is 0. The van der Waals surface area contributed by atoms with E-state index in [0.717, 1.165) is 10.9 Å². The van der Waals surface area contributed by atoms with E-state index in [2.05, 4.69) is 20.5 Å². The highest BCUT2D eigenvalue weighted by Gasteiger charge is 2.36. The highest BCUT2D eigenvalue weighted by molar-refractivity contribution is 6.06. The van der Waals surface area contributed by atoms with Crippen LogP contribution in [0.4, 0.5) is 11.5 Å². The summed E-state index contributed by atoms with van der Waals surface area (Å²) in [6.07, 6.45) is 1.67. The molecule has 2 amide bonds. The molecule has 4 rings (SSSR count). The highest BCUT2D eigenvalue weighted by atomic mass is 16.5. The van der Waals surface area contributed by atoms with Gasteiger partial charge in [0.2, 0.25) is 17.7 Å². The molecule has 2 N–H and O–H groups in total. The number of hydrogen-bond donors (Lipinski definition) is 2. The Kier molecular flexibility index (Phi) is 4.00. The molecule has 0 spiro atoms. The number of methoxy groups -OCH3 is 1. The minimum absolute atomic E-state index is 0.116. The van der Waals surface area contributed by atoms with E-state index in [0.29, 0.717) is 23.9 Å². The number of H-pyrrole nitrogens is 1. The van der Waals surface area contributed by atoms with Gasteiger partial charge >= 0.3 is 0 Å². The Morgan fingerprint density at radius 1 is 1.31 bits per heavy atom. The first-order valence-electron chi connectivity index (χ1n) is 8.20. The van der Waals surface area contributed by atoms with E-state index in [9.17, 15) is 9.59 Å². The summed E-state index contributed by atoms with van der Waals surface area (Å²) in [6, 6.07) is 11.0. The number of rotatable bonds is 4. The lowest BCUT2D eigenvalue weighted by Gasteiger charge is -2.14. The average Bonchev–Trinajstić information content (AvgIpc) is 3.25. The molecule has 1 saturated heterocycles.